The second-order valence-corrected chi connectivity index (χ2v) is 7.32. The van der Waals surface area contributed by atoms with Crippen molar-refractivity contribution in [3.05, 3.63) is 22.8 Å². The number of piperidine rings is 1. The van der Waals surface area contributed by atoms with Crippen LogP contribution in [0.25, 0.3) is 0 Å². The van der Waals surface area contributed by atoms with E-state index in [4.69, 9.17) is 9.47 Å². The summed E-state index contributed by atoms with van der Waals surface area (Å²) in [5, 5.41) is 0. The number of rotatable bonds is 5. The molecule has 4 heteroatoms. The van der Waals surface area contributed by atoms with Crippen molar-refractivity contribution in [2.45, 2.75) is 50.7 Å². The van der Waals surface area contributed by atoms with E-state index < -0.39 is 0 Å². The van der Waals surface area contributed by atoms with Crippen LogP contribution in [0.5, 0.6) is 5.75 Å². The van der Waals surface area contributed by atoms with Crippen molar-refractivity contribution >= 4 is 11.8 Å². The van der Waals surface area contributed by atoms with E-state index in [1.54, 1.807) is 7.11 Å². The van der Waals surface area contributed by atoms with Crippen molar-refractivity contribution in [3.8, 4) is 5.75 Å². The van der Waals surface area contributed by atoms with Crippen LogP contribution >= 0.6 is 11.8 Å². The Labute approximate surface area is 138 Å². The third-order valence-electron chi connectivity index (χ3n) is 4.78. The number of fused-ring (bicyclic) bond motifs is 1. The molecule has 2 aliphatic heterocycles. The fourth-order valence-electron chi connectivity index (χ4n) is 3.64. The molecule has 0 radical (unpaired) electrons. The molecule has 0 saturated carbocycles. The maximum absolute atomic E-state index is 5.76. The highest BCUT2D eigenvalue weighted by molar-refractivity contribution is 7.99. The van der Waals surface area contributed by atoms with Gasteiger partial charge in [-0.25, -0.2) is 0 Å². The monoisotopic (exact) mass is 321 g/mol. The topological polar surface area (TPSA) is 21.7 Å². The van der Waals surface area contributed by atoms with Crippen LogP contribution < -0.4 is 4.74 Å². The van der Waals surface area contributed by atoms with Gasteiger partial charge in [-0.15, -0.1) is 11.8 Å². The number of methoxy groups -OCH3 is 1. The first-order valence-corrected chi connectivity index (χ1v) is 9.37. The van der Waals surface area contributed by atoms with Crippen LogP contribution in [0, 0.1) is 6.92 Å². The molecular formula is C18H27NO2S. The van der Waals surface area contributed by atoms with Gasteiger partial charge in [-0.1, -0.05) is 0 Å². The predicted molar refractivity (Wildman–Crippen MR) is 92.1 cm³/mol. The largest absolute Gasteiger partial charge is 0.496 e. The molecule has 0 amide bonds. The first kappa shape index (κ1) is 16.2. The Morgan fingerprint density at radius 2 is 2.09 bits per heavy atom. The van der Waals surface area contributed by atoms with Crippen molar-refractivity contribution in [1.82, 2.24) is 4.90 Å². The SMILES string of the molecule is CCOC1CCN(Cc2c(OC)cc(C)c3c2CCS3)CC1. The second kappa shape index (κ2) is 7.24. The predicted octanol–water partition coefficient (Wildman–Crippen LogP) is 3.65. The Hall–Kier alpha value is -0.710. The lowest BCUT2D eigenvalue weighted by atomic mass is 9.99. The summed E-state index contributed by atoms with van der Waals surface area (Å²) >= 11 is 2.00. The Bertz CT molecular complexity index is 524. The molecule has 2 aliphatic rings. The number of thioether (sulfide) groups is 1. The molecule has 22 heavy (non-hydrogen) atoms. The summed E-state index contributed by atoms with van der Waals surface area (Å²) in [4.78, 5) is 4.06. The Morgan fingerprint density at radius 1 is 1.32 bits per heavy atom. The zero-order chi connectivity index (χ0) is 15.5. The summed E-state index contributed by atoms with van der Waals surface area (Å²) in [6, 6.07) is 2.22. The van der Waals surface area contributed by atoms with Gasteiger partial charge in [0.1, 0.15) is 5.75 Å². The summed E-state index contributed by atoms with van der Waals surface area (Å²) in [5.41, 5.74) is 4.32. The van der Waals surface area contributed by atoms with Gasteiger partial charge in [0.15, 0.2) is 0 Å². The average molecular weight is 321 g/mol. The van der Waals surface area contributed by atoms with Crippen molar-refractivity contribution < 1.29 is 9.47 Å². The van der Waals surface area contributed by atoms with Gasteiger partial charge in [-0.05, 0) is 50.3 Å². The summed E-state index contributed by atoms with van der Waals surface area (Å²) in [6.45, 7) is 8.40. The molecular weight excluding hydrogens is 294 g/mol. The second-order valence-electron chi connectivity index (χ2n) is 6.21. The van der Waals surface area contributed by atoms with Gasteiger partial charge >= 0.3 is 0 Å². The summed E-state index contributed by atoms with van der Waals surface area (Å²) in [5.74, 6) is 2.29. The molecule has 0 spiro atoms. The van der Waals surface area contributed by atoms with Crippen LogP contribution in [0.1, 0.15) is 36.5 Å². The molecule has 0 aliphatic carbocycles. The van der Waals surface area contributed by atoms with Gasteiger partial charge in [-0.3, -0.25) is 4.90 Å². The summed E-state index contributed by atoms with van der Waals surface area (Å²) < 4.78 is 11.5. The maximum atomic E-state index is 5.76. The van der Waals surface area contributed by atoms with Crippen LogP contribution in [-0.2, 0) is 17.7 Å². The van der Waals surface area contributed by atoms with Crippen LogP contribution in [0.2, 0.25) is 0 Å². The minimum atomic E-state index is 0.461. The molecule has 122 valence electrons. The molecule has 2 heterocycles. The van der Waals surface area contributed by atoms with E-state index in [0.717, 1.165) is 44.8 Å². The van der Waals surface area contributed by atoms with Crippen LogP contribution in [0.3, 0.4) is 0 Å². The Balaban J connectivity index is 1.74. The lowest BCUT2D eigenvalue weighted by molar-refractivity contribution is 0.0123. The number of hydrogen-bond donors (Lipinski definition) is 0. The summed E-state index contributed by atoms with van der Waals surface area (Å²) in [7, 11) is 1.80. The van der Waals surface area contributed by atoms with Crippen LogP contribution in [0.4, 0.5) is 0 Å². The molecule has 0 N–H and O–H groups in total. The normalized spacial score (nSPS) is 19.4. The molecule has 1 aromatic rings. The van der Waals surface area contributed by atoms with E-state index in [2.05, 4.69) is 24.8 Å². The molecule has 1 aromatic carbocycles. The minimum absolute atomic E-state index is 0.461. The maximum Gasteiger partial charge on any atom is 0.123 e. The third kappa shape index (κ3) is 3.29. The fourth-order valence-corrected chi connectivity index (χ4v) is 4.84. The van der Waals surface area contributed by atoms with E-state index in [1.165, 1.54) is 33.8 Å². The van der Waals surface area contributed by atoms with Gasteiger partial charge in [0.2, 0.25) is 0 Å². The smallest absolute Gasteiger partial charge is 0.123 e. The lowest BCUT2D eigenvalue weighted by Crippen LogP contribution is -2.36. The number of likely N-dealkylation sites (tertiary alicyclic amines) is 1. The molecule has 3 nitrogen and oxygen atoms in total. The van der Waals surface area contributed by atoms with Crippen LogP contribution in [-0.4, -0.2) is 43.6 Å². The number of nitrogens with zero attached hydrogens (tertiary/aromatic N) is 1. The standard InChI is InChI=1S/C18H27NO2S/c1-4-21-14-5-8-19(9-6-14)12-16-15-7-10-22-18(15)13(2)11-17(16)20-3/h11,14H,4-10,12H2,1-3H3. The zero-order valence-corrected chi connectivity index (χ0v) is 14.8. The highest BCUT2D eigenvalue weighted by atomic mass is 32.2. The molecule has 0 atom stereocenters. The van der Waals surface area contributed by atoms with Crippen molar-refractivity contribution in [3.63, 3.8) is 0 Å². The first-order chi connectivity index (χ1) is 10.7. The van der Waals surface area contributed by atoms with Crippen molar-refractivity contribution in [1.29, 1.82) is 0 Å². The molecule has 3 rings (SSSR count). The molecule has 0 unspecified atom stereocenters. The van der Waals surface area contributed by atoms with E-state index >= 15 is 0 Å². The number of ether oxygens (including phenoxy) is 2. The molecule has 1 saturated heterocycles. The third-order valence-corrected chi connectivity index (χ3v) is 6.04. The quantitative estimate of drug-likeness (QED) is 0.825. The molecule has 1 fully saturated rings. The first-order valence-electron chi connectivity index (χ1n) is 8.39. The van der Waals surface area contributed by atoms with Crippen molar-refractivity contribution in [2.24, 2.45) is 0 Å². The van der Waals surface area contributed by atoms with E-state index in [1.807, 2.05) is 11.8 Å². The van der Waals surface area contributed by atoms with E-state index in [-0.39, 0.29) is 0 Å². The number of hydrogen-bond acceptors (Lipinski definition) is 4. The van der Waals surface area contributed by atoms with Gasteiger partial charge < -0.3 is 9.47 Å². The highest BCUT2D eigenvalue weighted by Gasteiger charge is 2.25. The lowest BCUT2D eigenvalue weighted by Gasteiger charge is -2.32. The average Bonchev–Trinajstić information content (AvgIpc) is 3.02. The van der Waals surface area contributed by atoms with E-state index in [0.29, 0.717) is 6.10 Å². The van der Waals surface area contributed by atoms with Crippen molar-refractivity contribution in [2.75, 3.05) is 32.6 Å². The van der Waals surface area contributed by atoms with Gasteiger partial charge in [0.05, 0.1) is 13.2 Å². The molecule has 0 bridgehead atoms. The fraction of sp³-hybridized carbons (Fsp3) is 0.667. The zero-order valence-electron chi connectivity index (χ0n) is 14.0. The number of benzene rings is 1. The van der Waals surface area contributed by atoms with Crippen LogP contribution in [0.15, 0.2) is 11.0 Å². The summed E-state index contributed by atoms with van der Waals surface area (Å²) in [6.07, 6.45) is 3.95. The molecule has 0 aromatic heterocycles. The Morgan fingerprint density at radius 3 is 2.77 bits per heavy atom. The van der Waals surface area contributed by atoms with Gasteiger partial charge in [0.25, 0.3) is 0 Å². The van der Waals surface area contributed by atoms with E-state index in [9.17, 15) is 0 Å². The minimum Gasteiger partial charge on any atom is -0.496 e. The number of aryl methyl sites for hydroxylation is 1. The Kier molecular flexibility index (Phi) is 5.32. The van der Waals surface area contributed by atoms with Gasteiger partial charge in [0, 0.05) is 42.5 Å². The highest BCUT2D eigenvalue weighted by Crippen LogP contribution is 2.41. The van der Waals surface area contributed by atoms with Gasteiger partial charge in [-0.2, -0.15) is 0 Å².